The van der Waals surface area contributed by atoms with Crippen molar-refractivity contribution in [3.05, 3.63) is 82.1 Å². The molecule has 0 saturated carbocycles. The number of rotatable bonds is 6. The Bertz CT molecular complexity index is 1040. The lowest BCUT2D eigenvalue weighted by molar-refractivity contribution is -0.139. The van der Waals surface area contributed by atoms with E-state index in [2.05, 4.69) is 4.98 Å². The maximum Gasteiger partial charge on any atom is 0.295 e. The van der Waals surface area contributed by atoms with E-state index >= 15 is 0 Å². The molecule has 0 aliphatic carbocycles. The van der Waals surface area contributed by atoms with Gasteiger partial charge in [-0.1, -0.05) is 35.9 Å². The first-order valence-electron chi connectivity index (χ1n) is 9.41. The molecule has 6 nitrogen and oxygen atoms in total. The lowest BCUT2D eigenvalue weighted by Crippen LogP contribution is -2.31. The molecule has 0 bridgehead atoms. The van der Waals surface area contributed by atoms with E-state index in [0.717, 1.165) is 10.4 Å². The number of hydrogen-bond acceptors (Lipinski definition) is 5. The van der Waals surface area contributed by atoms with E-state index in [1.165, 1.54) is 11.3 Å². The molecule has 1 aromatic carbocycles. The van der Waals surface area contributed by atoms with Gasteiger partial charge in [0.05, 0.1) is 17.9 Å². The molecule has 148 valence electrons. The van der Waals surface area contributed by atoms with Gasteiger partial charge in [-0.3, -0.25) is 9.59 Å². The van der Waals surface area contributed by atoms with Crippen molar-refractivity contribution in [1.82, 2.24) is 14.5 Å². The third kappa shape index (κ3) is 3.73. The smallest absolute Gasteiger partial charge is 0.295 e. The van der Waals surface area contributed by atoms with Gasteiger partial charge in [0.1, 0.15) is 5.76 Å². The van der Waals surface area contributed by atoms with Gasteiger partial charge in [-0.25, -0.2) is 4.98 Å². The van der Waals surface area contributed by atoms with Crippen LogP contribution in [-0.4, -0.2) is 37.8 Å². The van der Waals surface area contributed by atoms with E-state index in [1.54, 1.807) is 29.6 Å². The second-order valence-corrected chi connectivity index (χ2v) is 8.01. The summed E-state index contributed by atoms with van der Waals surface area (Å²) in [5, 5.41) is 12.8. The van der Waals surface area contributed by atoms with E-state index in [9.17, 15) is 14.7 Å². The Morgan fingerprint density at radius 2 is 1.97 bits per heavy atom. The molecule has 1 N–H and O–H groups in total. The van der Waals surface area contributed by atoms with E-state index in [0.29, 0.717) is 25.1 Å². The third-order valence-corrected chi connectivity index (χ3v) is 5.98. The van der Waals surface area contributed by atoms with Crippen molar-refractivity contribution in [1.29, 1.82) is 0 Å². The molecule has 1 aliphatic heterocycles. The number of carbonyl (C=O) groups excluding carboxylic acids is 2. The first-order valence-corrected chi connectivity index (χ1v) is 10.3. The van der Waals surface area contributed by atoms with Crippen LogP contribution in [0.1, 0.15) is 28.5 Å². The molecule has 1 aliphatic rings. The first kappa shape index (κ1) is 19.1. The van der Waals surface area contributed by atoms with Crippen molar-refractivity contribution in [3.8, 4) is 0 Å². The zero-order valence-electron chi connectivity index (χ0n) is 16.0. The molecule has 1 atom stereocenters. The van der Waals surface area contributed by atoms with Gasteiger partial charge in [-0.15, -0.1) is 11.3 Å². The quantitative estimate of drug-likeness (QED) is 0.383. The van der Waals surface area contributed by atoms with Gasteiger partial charge in [-0.2, -0.15) is 0 Å². The van der Waals surface area contributed by atoms with Gasteiger partial charge in [0.15, 0.2) is 0 Å². The minimum absolute atomic E-state index is 0.126. The summed E-state index contributed by atoms with van der Waals surface area (Å²) >= 11 is 1.47. The van der Waals surface area contributed by atoms with E-state index in [1.807, 2.05) is 47.3 Å². The Hall–Kier alpha value is -3.19. The van der Waals surface area contributed by atoms with Crippen molar-refractivity contribution in [3.63, 3.8) is 0 Å². The normalized spacial score (nSPS) is 18.5. The molecular formula is C22H21N3O3S. The summed E-state index contributed by atoms with van der Waals surface area (Å²) in [7, 11) is 0. The maximum absolute atomic E-state index is 12.9. The van der Waals surface area contributed by atoms with Crippen molar-refractivity contribution in [2.75, 3.05) is 6.54 Å². The average molecular weight is 407 g/mol. The van der Waals surface area contributed by atoms with Crippen LogP contribution >= 0.6 is 11.3 Å². The maximum atomic E-state index is 12.9. The number of thiophene rings is 1. The molecule has 7 heteroatoms. The van der Waals surface area contributed by atoms with Crippen LogP contribution in [0.5, 0.6) is 0 Å². The van der Waals surface area contributed by atoms with Crippen LogP contribution in [0.4, 0.5) is 0 Å². The summed E-state index contributed by atoms with van der Waals surface area (Å²) in [5.74, 6) is -1.33. The van der Waals surface area contributed by atoms with Crippen molar-refractivity contribution in [2.24, 2.45) is 0 Å². The highest BCUT2D eigenvalue weighted by Crippen LogP contribution is 2.41. The summed E-state index contributed by atoms with van der Waals surface area (Å²) in [4.78, 5) is 32.2. The molecule has 29 heavy (non-hydrogen) atoms. The first-order chi connectivity index (χ1) is 14.1. The Kier molecular flexibility index (Phi) is 5.31. The van der Waals surface area contributed by atoms with E-state index < -0.39 is 17.7 Å². The number of aromatic nitrogens is 2. The number of nitrogens with zero attached hydrogens (tertiary/aromatic N) is 3. The molecule has 0 unspecified atom stereocenters. The topological polar surface area (TPSA) is 75.4 Å². The molecular weight excluding hydrogens is 386 g/mol. The fraction of sp³-hybridized carbons (Fsp3) is 0.227. The highest BCUT2D eigenvalue weighted by molar-refractivity contribution is 7.10. The molecule has 3 aromatic rings. The predicted octanol–water partition coefficient (Wildman–Crippen LogP) is 3.77. The predicted molar refractivity (Wildman–Crippen MR) is 111 cm³/mol. The SMILES string of the molecule is Cc1ccc(C(O)=C2C(=O)C(=O)N(CCCn3ccnc3)[C@H]2c2cccs2)cc1. The van der Waals surface area contributed by atoms with Crippen molar-refractivity contribution < 1.29 is 14.7 Å². The minimum Gasteiger partial charge on any atom is -0.507 e. The summed E-state index contributed by atoms with van der Waals surface area (Å²) in [6, 6.07) is 10.5. The summed E-state index contributed by atoms with van der Waals surface area (Å²) in [6.07, 6.45) is 5.97. The number of amides is 1. The van der Waals surface area contributed by atoms with Gasteiger partial charge in [-0.05, 0) is 24.8 Å². The van der Waals surface area contributed by atoms with Crippen LogP contribution in [-0.2, 0) is 16.1 Å². The summed E-state index contributed by atoms with van der Waals surface area (Å²) < 4.78 is 1.93. The number of aliphatic hydroxyl groups excluding tert-OH is 1. The molecule has 1 fully saturated rings. The molecule has 3 heterocycles. The molecule has 2 aromatic heterocycles. The third-order valence-electron chi connectivity index (χ3n) is 5.05. The largest absolute Gasteiger partial charge is 0.507 e. The lowest BCUT2D eigenvalue weighted by Gasteiger charge is -2.24. The number of imidazole rings is 1. The number of Topliss-reactive ketones (excluding diaryl/α,β-unsaturated/α-hetero) is 1. The van der Waals surface area contributed by atoms with Crippen molar-refractivity contribution in [2.45, 2.75) is 25.9 Å². The number of aliphatic hydroxyl groups is 1. The van der Waals surface area contributed by atoms with Gasteiger partial charge < -0.3 is 14.6 Å². The number of likely N-dealkylation sites (tertiary alicyclic amines) is 1. The van der Waals surface area contributed by atoms with Crippen molar-refractivity contribution >= 4 is 28.8 Å². The number of hydrogen-bond donors (Lipinski definition) is 1. The fourth-order valence-corrected chi connectivity index (χ4v) is 4.41. The van der Waals surface area contributed by atoms with Crippen LogP contribution in [0.3, 0.4) is 0 Å². The fourth-order valence-electron chi connectivity index (χ4n) is 3.56. The molecule has 1 saturated heterocycles. The van der Waals surface area contributed by atoms with Gasteiger partial charge in [0, 0.05) is 35.9 Å². The molecule has 4 rings (SSSR count). The second-order valence-electron chi connectivity index (χ2n) is 7.03. The van der Waals surface area contributed by atoms with Crippen LogP contribution in [0.2, 0.25) is 0 Å². The second kappa shape index (κ2) is 8.05. The Labute approximate surface area is 172 Å². The number of ketones is 1. The van der Waals surface area contributed by atoms with E-state index in [4.69, 9.17) is 0 Å². The van der Waals surface area contributed by atoms with Gasteiger partial charge >= 0.3 is 0 Å². The van der Waals surface area contributed by atoms with E-state index in [-0.39, 0.29) is 11.3 Å². The lowest BCUT2D eigenvalue weighted by atomic mass is 9.99. The Morgan fingerprint density at radius 1 is 1.17 bits per heavy atom. The highest BCUT2D eigenvalue weighted by Gasteiger charge is 2.46. The summed E-state index contributed by atoms with van der Waals surface area (Å²) in [5.41, 5.74) is 1.74. The minimum atomic E-state index is -0.635. The Morgan fingerprint density at radius 3 is 2.62 bits per heavy atom. The monoisotopic (exact) mass is 407 g/mol. The van der Waals surface area contributed by atoms with Crippen LogP contribution in [0.25, 0.3) is 5.76 Å². The zero-order valence-corrected chi connectivity index (χ0v) is 16.8. The number of carbonyl (C=O) groups is 2. The Balaban J connectivity index is 1.68. The van der Waals surface area contributed by atoms with Crippen LogP contribution < -0.4 is 0 Å². The van der Waals surface area contributed by atoms with Gasteiger partial charge in [0.25, 0.3) is 11.7 Å². The molecule has 1 amide bonds. The zero-order chi connectivity index (χ0) is 20.4. The average Bonchev–Trinajstić information content (AvgIpc) is 3.46. The number of benzene rings is 1. The van der Waals surface area contributed by atoms with Crippen LogP contribution in [0.15, 0.2) is 66.1 Å². The van der Waals surface area contributed by atoms with Gasteiger partial charge in [0.2, 0.25) is 0 Å². The summed E-state index contributed by atoms with van der Waals surface area (Å²) in [6.45, 7) is 3.06. The standard InChI is InChI=1S/C22H21N3O3S/c1-15-5-7-16(8-6-15)20(26)18-19(17-4-2-13-29-17)25(22(28)21(18)27)11-3-10-24-12-9-23-14-24/h2,4-9,12-14,19,26H,3,10-11H2,1H3/t19-/m0/s1. The molecule has 0 radical (unpaired) electrons. The van der Waals surface area contributed by atoms with Crippen LogP contribution in [0, 0.1) is 6.92 Å². The highest BCUT2D eigenvalue weighted by atomic mass is 32.1. The number of aryl methyl sites for hydroxylation is 2. The molecule has 0 spiro atoms.